The standard InChI is InChI=1S/C11H24O.C6H14O.C3H8O/c1-2-3-4-5-6-7-8-9-10-11-12;1-5(2)4-6(3)7;1-2-3-4/h12H,2-11H2,1H3;5-7H,4H2,1-3H3;4H,2-3H2,1H3. The fraction of sp³-hybridized carbons (Fsp3) is 1.00. The number of rotatable bonds is 12. The molecule has 23 heavy (non-hydrogen) atoms. The first-order chi connectivity index (χ1) is 11.0. The molecule has 0 aliphatic heterocycles. The summed E-state index contributed by atoms with van der Waals surface area (Å²) in [5, 5.41) is 25.1. The summed E-state index contributed by atoms with van der Waals surface area (Å²) in [6.07, 6.45) is 13.5. The van der Waals surface area contributed by atoms with Crippen molar-refractivity contribution in [2.24, 2.45) is 5.92 Å². The van der Waals surface area contributed by atoms with Gasteiger partial charge in [0.1, 0.15) is 0 Å². The average molecular weight is 335 g/mol. The number of unbranched alkanes of at least 4 members (excludes halogenated alkanes) is 8. The lowest BCUT2D eigenvalue weighted by molar-refractivity contribution is 0.168. The molecule has 1 atom stereocenters. The molecule has 0 aromatic carbocycles. The lowest BCUT2D eigenvalue weighted by atomic mass is 10.1. The van der Waals surface area contributed by atoms with Crippen molar-refractivity contribution in [1.29, 1.82) is 0 Å². The van der Waals surface area contributed by atoms with Gasteiger partial charge in [-0.05, 0) is 32.1 Å². The van der Waals surface area contributed by atoms with Crippen molar-refractivity contribution in [2.75, 3.05) is 13.2 Å². The van der Waals surface area contributed by atoms with Crippen LogP contribution >= 0.6 is 0 Å². The number of hydrogen-bond donors (Lipinski definition) is 3. The highest BCUT2D eigenvalue weighted by Crippen LogP contribution is 2.08. The van der Waals surface area contributed by atoms with Gasteiger partial charge in [-0.1, -0.05) is 79.1 Å². The van der Waals surface area contributed by atoms with E-state index in [-0.39, 0.29) is 6.10 Å². The van der Waals surface area contributed by atoms with E-state index in [1.807, 2.05) is 13.8 Å². The van der Waals surface area contributed by atoms with Crippen LogP contribution < -0.4 is 0 Å². The van der Waals surface area contributed by atoms with Crippen LogP contribution in [0.1, 0.15) is 105 Å². The van der Waals surface area contributed by atoms with Gasteiger partial charge in [-0.25, -0.2) is 0 Å². The minimum absolute atomic E-state index is 0.125. The van der Waals surface area contributed by atoms with Gasteiger partial charge in [-0.3, -0.25) is 0 Å². The molecule has 0 rings (SSSR count). The molecule has 0 aliphatic rings. The van der Waals surface area contributed by atoms with Crippen LogP contribution in [0.2, 0.25) is 0 Å². The van der Waals surface area contributed by atoms with Gasteiger partial charge in [-0.2, -0.15) is 0 Å². The molecular formula is C20H46O3. The molecule has 0 saturated heterocycles. The maximum Gasteiger partial charge on any atom is 0.0514 e. The Morgan fingerprint density at radius 3 is 1.22 bits per heavy atom. The van der Waals surface area contributed by atoms with E-state index < -0.39 is 0 Å². The number of aliphatic hydroxyl groups excluding tert-OH is 3. The summed E-state index contributed by atoms with van der Waals surface area (Å²) in [4.78, 5) is 0. The van der Waals surface area contributed by atoms with Gasteiger partial charge in [0.05, 0.1) is 6.10 Å². The van der Waals surface area contributed by atoms with Crippen molar-refractivity contribution in [1.82, 2.24) is 0 Å². The fourth-order valence-electron chi connectivity index (χ4n) is 2.10. The highest BCUT2D eigenvalue weighted by atomic mass is 16.3. The number of hydrogen-bond acceptors (Lipinski definition) is 3. The summed E-state index contributed by atoms with van der Waals surface area (Å²) in [6.45, 7) is 10.9. The number of aliphatic hydroxyl groups is 3. The topological polar surface area (TPSA) is 60.7 Å². The third-order valence-corrected chi connectivity index (χ3v) is 3.30. The normalized spacial score (nSPS) is 11.3. The zero-order valence-electron chi connectivity index (χ0n) is 16.7. The maximum atomic E-state index is 8.72. The summed E-state index contributed by atoms with van der Waals surface area (Å²) < 4.78 is 0. The van der Waals surface area contributed by atoms with Crippen molar-refractivity contribution in [3.8, 4) is 0 Å². The smallest absolute Gasteiger partial charge is 0.0514 e. The molecule has 0 aromatic rings. The highest BCUT2D eigenvalue weighted by molar-refractivity contribution is 4.49. The van der Waals surface area contributed by atoms with Crippen LogP contribution in [0, 0.1) is 5.92 Å². The Morgan fingerprint density at radius 1 is 0.609 bits per heavy atom. The molecule has 0 bridgehead atoms. The van der Waals surface area contributed by atoms with E-state index in [2.05, 4.69) is 20.8 Å². The van der Waals surface area contributed by atoms with Crippen LogP contribution in [0.3, 0.4) is 0 Å². The van der Waals surface area contributed by atoms with Gasteiger partial charge in [0.25, 0.3) is 0 Å². The summed E-state index contributed by atoms with van der Waals surface area (Å²) in [5.41, 5.74) is 0. The van der Waals surface area contributed by atoms with E-state index in [0.717, 1.165) is 19.3 Å². The summed E-state index contributed by atoms with van der Waals surface area (Å²) >= 11 is 0. The Balaban J connectivity index is -0.000000307. The van der Waals surface area contributed by atoms with Crippen molar-refractivity contribution < 1.29 is 15.3 Å². The predicted octanol–water partition coefficient (Wildman–Crippen LogP) is 5.31. The molecule has 0 aromatic heterocycles. The minimum Gasteiger partial charge on any atom is -0.396 e. The highest BCUT2D eigenvalue weighted by Gasteiger charge is 1.97. The Labute approximate surface area is 146 Å². The van der Waals surface area contributed by atoms with E-state index in [1.165, 1.54) is 51.4 Å². The monoisotopic (exact) mass is 334 g/mol. The summed E-state index contributed by atoms with van der Waals surface area (Å²) in [7, 11) is 0. The SMILES string of the molecule is CC(C)CC(C)O.CCCCCCCCCCCO.CCCO. The zero-order valence-corrected chi connectivity index (χ0v) is 16.7. The average Bonchev–Trinajstić information content (AvgIpc) is 2.49. The Hall–Kier alpha value is -0.120. The van der Waals surface area contributed by atoms with Gasteiger partial charge in [0, 0.05) is 13.2 Å². The van der Waals surface area contributed by atoms with E-state index in [9.17, 15) is 0 Å². The van der Waals surface area contributed by atoms with Crippen molar-refractivity contribution in [3.63, 3.8) is 0 Å². The van der Waals surface area contributed by atoms with Crippen LogP contribution in [0.15, 0.2) is 0 Å². The van der Waals surface area contributed by atoms with E-state index >= 15 is 0 Å². The summed E-state index contributed by atoms with van der Waals surface area (Å²) in [5.74, 6) is 0.625. The van der Waals surface area contributed by atoms with Gasteiger partial charge >= 0.3 is 0 Å². The van der Waals surface area contributed by atoms with Crippen LogP contribution in [-0.2, 0) is 0 Å². The molecule has 3 heteroatoms. The molecule has 0 heterocycles. The zero-order chi connectivity index (χ0) is 18.3. The second-order valence-electron chi connectivity index (χ2n) is 6.75. The Bertz CT molecular complexity index is 152. The molecule has 0 spiro atoms. The van der Waals surface area contributed by atoms with Gasteiger partial charge in [0.15, 0.2) is 0 Å². The molecule has 144 valence electrons. The molecule has 3 N–H and O–H groups in total. The second kappa shape index (κ2) is 26.8. The van der Waals surface area contributed by atoms with Crippen LogP contribution in [0.4, 0.5) is 0 Å². The first-order valence-electron chi connectivity index (χ1n) is 9.85. The van der Waals surface area contributed by atoms with Crippen molar-refractivity contribution in [2.45, 2.75) is 111 Å². The molecule has 0 amide bonds. The van der Waals surface area contributed by atoms with Crippen molar-refractivity contribution in [3.05, 3.63) is 0 Å². The van der Waals surface area contributed by atoms with Gasteiger partial charge in [-0.15, -0.1) is 0 Å². The predicted molar refractivity (Wildman–Crippen MR) is 103 cm³/mol. The van der Waals surface area contributed by atoms with Crippen LogP contribution in [-0.4, -0.2) is 34.6 Å². The van der Waals surface area contributed by atoms with E-state index in [1.54, 1.807) is 0 Å². The largest absolute Gasteiger partial charge is 0.396 e. The summed E-state index contributed by atoms with van der Waals surface area (Å²) in [6, 6.07) is 0. The fourth-order valence-corrected chi connectivity index (χ4v) is 2.10. The molecule has 3 nitrogen and oxygen atoms in total. The molecule has 0 aliphatic carbocycles. The maximum absolute atomic E-state index is 8.72. The Morgan fingerprint density at radius 2 is 1.00 bits per heavy atom. The van der Waals surface area contributed by atoms with E-state index in [0.29, 0.717) is 19.1 Å². The molecular weight excluding hydrogens is 288 g/mol. The first kappa shape index (κ1) is 27.7. The van der Waals surface area contributed by atoms with Crippen LogP contribution in [0.25, 0.3) is 0 Å². The first-order valence-corrected chi connectivity index (χ1v) is 9.85. The lowest BCUT2D eigenvalue weighted by Gasteiger charge is -2.04. The third kappa shape index (κ3) is 44.9. The minimum atomic E-state index is -0.125. The van der Waals surface area contributed by atoms with Gasteiger partial charge in [0.2, 0.25) is 0 Å². The molecule has 0 saturated carbocycles. The molecule has 1 unspecified atom stereocenters. The third-order valence-electron chi connectivity index (χ3n) is 3.30. The van der Waals surface area contributed by atoms with Crippen molar-refractivity contribution >= 4 is 0 Å². The van der Waals surface area contributed by atoms with E-state index in [4.69, 9.17) is 15.3 Å². The second-order valence-corrected chi connectivity index (χ2v) is 6.75. The van der Waals surface area contributed by atoms with Gasteiger partial charge < -0.3 is 15.3 Å². The van der Waals surface area contributed by atoms with Crippen LogP contribution in [0.5, 0.6) is 0 Å². The lowest BCUT2D eigenvalue weighted by Crippen LogP contribution is -2.03. The molecule has 0 radical (unpaired) electrons. The molecule has 0 fully saturated rings. The quantitative estimate of drug-likeness (QED) is 0.424. The Kier molecular flexibility index (Phi) is 32.2.